The van der Waals surface area contributed by atoms with Crippen molar-refractivity contribution >= 4 is 5.97 Å². The average Bonchev–Trinajstić information content (AvgIpc) is 2.67. The molecule has 1 N–H and O–H groups in total. The summed E-state index contributed by atoms with van der Waals surface area (Å²) in [4.78, 5) is 21.5. The molecule has 0 aliphatic rings. The lowest BCUT2D eigenvalue weighted by Gasteiger charge is -2.21. The predicted molar refractivity (Wildman–Crippen MR) is 111 cm³/mol. The second-order valence-corrected chi connectivity index (χ2v) is 7.70. The maximum absolute atomic E-state index is 11.0. The van der Waals surface area contributed by atoms with Gasteiger partial charge in [-0.05, 0) is 33.1 Å². The van der Waals surface area contributed by atoms with Crippen LogP contribution in [0.4, 0.5) is 0 Å². The summed E-state index contributed by atoms with van der Waals surface area (Å²) in [6.07, 6.45) is 12.5. The van der Waals surface area contributed by atoms with E-state index >= 15 is 0 Å². The Morgan fingerprint density at radius 2 is 1.39 bits per heavy atom. The van der Waals surface area contributed by atoms with Crippen molar-refractivity contribution < 1.29 is 29.1 Å². The largest absolute Gasteiger partial charge is 0.469 e. The quantitative estimate of drug-likeness (QED) is 0.0928. The van der Waals surface area contributed by atoms with Crippen molar-refractivity contribution in [2.75, 3.05) is 7.11 Å². The Morgan fingerprint density at radius 1 is 0.821 bits per heavy atom. The minimum absolute atomic E-state index is 0.0517. The summed E-state index contributed by atoms with van der Waals surface area (Å²) >= 11 is 0. The van der Waals surface area contributed by atoms with Crippen LogP contribution in [-0.2, 0) is 24.0 Å². The van der Waals surface area contributed by atoms with E-state index in [1.807, 2.05) is 13.8 Å². The Hall–Kier alpha value is -0.690. The molecule has 0 fully saturated rings. The highest BCUT2D eigenvalue weighted by molar-refractivity contribution is 5.68. The number of esters is 1. The molecule has 2 unspecified atom stereocenters. The molecule has 28 heavy (non-hydrogen) atoms. The Bertz CT molecular complexity index is 348. The van der Waals surface area contributed by atoms with Crippen LogP contribution < -0.4 is 0 Å². The van der Waals surface area contributed by atoms with Gasteiger partial charge in [0.05, 0.1) is 13.2 Å². The van der Waals surface area contributed by atoms with Crippen LogP contribution in [-0.4, -0.2) is 36.9 Å². The van der Waals surface area contributed by atoms with Crippen LogP contribution >= 0.6 is 0 Å². The van der Waals surface area contributed by atoms with E-state index in [9.17, 15) is 9.90 Å². The number of hydrogen-bond acceptors (Lipinski definition) is 6. The van der Waals surface area contributed by atoms with Crippen LogP contribution in [0, 0.1) is 0 Å². The zero-order chi connectivity index (χ0) is 21.0. The molecule has 0 aromatic heterocycles. The minimum atomic E-state index is -0.933. The van der Waals surface area contributed by atoms with E-state index in [2.05, 4.69) is 11.7 Å². The molecule has 0 aliphatic heterocycles. The summed E-state index contributed by atoms with van der Waals surface area (Å²) in [5.41, 5.74) is 0. The van der Waals surface area contributed by atoms with Crippen molar-refractivity contribution in [3.8, 4) is 0 Å². The maximum Gasteiger partial charge on any atom is 0.305 e. The van der Waals surface area contributed by atoms with Crippen molar-refractivity contribution in [1.29, 1.82) is 0 Å². The minimum Gasteiger partial charge on any atom is -0.469 e. The normalized spacial score (nSPS) is 13.6. The lowest BCUT2D eigenvalue weighted by Crippen LogP contribution is -2.24. The van der Waals surface area contributed by atoms with Crippen molar-refractivity contribution in [3.05, 3.63) is 0 Å². The van der Waals surface area contributed by atoms with Gasteiger partial charge in [-0.15, -0.1) is 0 Å². The summed E-state index contributed by atoms with van der Waals surface area (Å²) in [6.45, 7) is 6.15. The molecule has 0 saturated carbocycles. The Morgan fingerprint density at radius 3 is 2.00 bits per heavy atom. The molecule has 0 amide bonds. The average molecular weight is 405 g/mol. The number of carbonyl (C=O) groups is 1. The molecule has 168 valence electrons. The molecule has 0 heterocycles. The monoisotopic (exact) mass is 404 g/mol. The fourth-order valence-electron chi connectivity index (χ4n) is 2.93. The molecule has 0 saturated heterocycles. The lowest BCUT2D eigenvalue weighted by atomic mass is 10.1. The topological polar surface area (TPSA) is 74.2 Å². The number of methoxy groups -OCH3 is 1. The third kappa shape index (κ3) is 18.7. The van der Waals surface area contributed by atoms with Crippen LogP contribution in [0.5, 0.6) is 0 Å². The van der Waals surface area contributed by atoms with Crippen LogP contribution in [0.2, 0.25) is 0 Å². The van der Waals surface area contributed by atoms with Gasteiger partial charge in [-0.3, -0.25) is 4.79 Å². The fraction of sp³-hybridized carbons (Fsp3) is 0.955. The second-order valence-electron chi connectivity index (χ2n) is 7.70. The molecular weight excluding hydrogens is 360 g/mol. The van der Waals surface area contributed by atoms with Gasteiger partial charge in [0.25, 0.3) is 0 Å². The zero-order valence-corrected chi connectivity index (χ0v) is 18.6. The molecule has 6 heteroatoms. The second kappa shape index (κ2) is 19.6. The lowest BCUT2D eigenvalue weighted by molar-refractivity contribution is -0.433. The first-order valence-electron chi connectivity index (χ1n) is 11.2. The highest BCUT2D eigenvalue weighted by Gasteiger charge is 2.15. The zero-order valence-electron chi connectivity index (χ0n) is 18.6. The molecule has 0 radical (unpaired) electrons. The van der Waals surface area contributed by atoms with Crippen molar-refractivity contribution in [2.24, 2.45) is 0 Å². The number of unbranched alkanes of at least 4 members (excludes halogenated alkanes) is 9. The molecule has 0 aromatic carbocycles. The number of carbonyl (C=O) groups excluding carboxylic acids is 1. The van der Waals surface area contributed by atoms with Crippen LogP contribution in [0.15, 0.2) is 0 Å². The smallest absolute Gasteiger partial charge is 0.305 e. The van der Waals surface area contributed by atoms with Crippen molar-refractivity contribution in [2.45, 2.75) is 129 Å². The van der Waals surface area contributed by atoms with E-state index < -0.39 is 12.6 Å². The van der Waals surface area contributed by atoms with Gasteiger partial charge >= 0.3 is 5.97 Å². The summed E-state index contributed by atoms with van der Waals surface area (Å²) in [5.74, 6) is -0.153. The van der Waals surface area contributed by atoms with E-state index in [-0.39, 0.29) is 12.1 Å². The van der Waals surface area contributed by atoms with Gasteiger partial charge < -0.3 is 14.6 Å². The van der Waals surface area contributed by atoms with E-state index in [1.54, 1.807) is 0 Å². The van der Waals surface area contributed by atoms with Crippen molar-refractivity contribution in [1.82, 2.24) is 0 Å². The number of aliphatic hydroxyl groups is 1. The first kappa shape index (κ1) is 27.3. The summed E-state index contributed by atoms with van der Waals surface area (Å²) < 4.78 is 10.3. The van der Waals surface area contributed by atoms with Gasteiger partial charge in [-0.2, -0.15) is 0 Å². The van der Waals surface area contributed by atoms with E-state index in [0.29, 0.717) is 12.8 Å². The van der Waals surface area contributed by atoms with Gasteiger partial charge in [0.2, 0.25) is 0 Å². The first-order chi connectivity index (χ1) is 13.5. The third-order valence-electron chi connectivity index (χ3n) is 4.55. The molecular formula is C22H44O6. The summed E-state index contributed by atoms with van der Waals surface area (Å²) in [5, 5.41) is 9.94. The van der Waals surface area contributed by atoms with E-state index in [1.165, 1.54) is 39.2 Å². The van der Waals surface area contributed by atoms with Crippen molar-refractivity contribution in [3.63, 3.8) is 0 Å². The Labute approximate surface area is 172 Å². The van der Waals surface area contributed by atoms with Crippen LogP contribution in [0.3, 0.4) is 0 Å². The number of ether oxygens (including phenoxy) is 2. The maximum atomic E-state index is 11.0. The molecule has 6 nitrogen and oxygen atoms in total. The summed E-state index contributed by atoms with van der Waals surface area (Å²) in [7, 11) is 1.41. The van der Waals surface area contributed by atoms with E-state index in [0.717, 1.165) is 44.9 Å². The van der Waals surface area contributed by atoms with Gasteiger partial charge in [0, 0.05) is 19.3 Å². The number of aliphatic hydroxyl groups excluding tert-OH is 1. The molecule has 0 aromatic rings. The highest BCUT2D eigenvalue weighted by Crippen LogP contribution is 2.15. The summed E-state index contributed by atoms with van der Waals surface area (Å²) in [6, 6.07) is 0. The van der Waals surface area contributed by atoms with Gasteiger partial charge in [-0.1, -0.05) is 58.3 Å². The Balaban J connectivity index is 3.76. The number of hydrogen-bond donors (Lipinski definition) is 1. The Kier molecular flexibility index (Phi) is 19.1. The molecule has 2 atom stereocenters. The number of rotatable bonds is 20. The molecule has 0 rings (SSSR count). The van der Waals surface area contributed by atoms with Crippen LogP contribution in [0.1, 0.15) is 111 Å². The first-order valence-corrected chi connectivity index (χ1v) is 11.2. The van der Waals surface area contributed by atoms with Gasteiger partial charge in [0.15, 0.2) is 12.6 Å². The van der Waals surface area contributed by atoms with Crippen LogP contribution in [0.25, 0.3) is 0 Å². The third-order valence-corrected chi connectivity index (χ3v) is 4.55. The highest BCUT2D eigenvalue weighted by atomic mass is 17.2. The van der Waals surface area contributed by atoms with E-state index in [4.69, 9.17) is 14.5 Å². The SMILES string of the molecule is CCCCCCCCC(OOC(O)CCCCCCCC(=O)OC)OC(C)C. The standard InChI is InChI=1S/C22H44O6/c1-5-6-7-8-12-15-18-22(26-19(2)3)28-27-21(24)17-14-11-9-10-13-16-20(23)25-4/h19,21-22,24H,5-18H2,1-4H3. The molecule has 0 spiro atoms. The van der Waals surface area contributed by atoms with Gasteiger partial charge in [-0.25, -0.2) is 9.78 Å². The predicted octanol–water partition coefficient (Wildman–Crippen LogP) is 5.66. The molecule has 0 bridgehead atoms. The molecule has 0 aliphatic carbocycles. The van der Waals surface area contributed by atoms with Gasteiger partial charge in [0.1, 0.15) is 0 Å². The fourth-order valence-corrected chi connectivity index (χ4v) is 2.93.